The van der Waals surface area contributed by atoms with E-state index in [1.54, 1.807) is 6.92 Å². The molecule has 6 atom stereocenters. The number of alkyl halides is 2. The predicted molar refractivity (Wildman–Crippen MR) is 166 cm³/mol. The number of carboxylic acid groups (broad SMARTS) is 1. The highest BCUT2D eigenvalue weighted by Crippen LogP contribution is 2.67. The van der Waals surface area contributed by atoms with E-state index in [9.17, 15) is 14.4 Å². The first-order valence-corrected chi connectivity index (χ1v) is 15.3. The topological polar surface area (TPSA) is 101 Å². The lowest BCUT2D eigenvalue weighted by molar-refractivity contribution is -0.185. The van der Waals surface area contributed by atoms with E-state index in [0.29, 0.717) is 42.4 Å². The van der Waals surface area contributed by atoms with Crippen molar-refractivity contribution in [3.63, 3.8) is 0 Å². The number of fused-ring (bicyclic) bond motifs is 5. The number of carbonyl (C=O) groups is 4. The SMILES string of the molecule is CC(=O)O.CC(=O)O[C@]1(C(C)=O)CC[C@H]2[C@@H]3C=C(C)C4=CC(=O)CC[C@]4(C)[C@H]3CC[C@@]21C.CN(CCCl)CCCl.Cl. The Kier molecular flexibility index (Phi) is 14.1. The fourth-order valence-electron chi connectivity index (χ4n) is 7.88. The number of halogens is 3. The van der Waals surface area contributed by atoms with E-state index in [1.807, 2.05) is 13.1 Å². The summed E-state index contributed by atoms with van der Waals surface area (Å²) in [5.41, 5.74) is 1.15. The lowest BCUT2D eigenvalue weighted by atomic mass is 9.47. The van der Waals surface area contributed by atoms with Crippen LogP contribution in [0.25, 0.3) is 0 Å². The second kappa shape index (κ2) is 15.4. The van der Waals surface area contributed by atoms with Gasteiger partial charge in [0, 0.05) is 50.5 Å². The molecule has 0 heterocycles. The summed E-state index contributed by atoms with van der Waals surface area (Å²) in [7, 11) is 2.00. The Morgan fingerprint density at radius 2 is 1.56 bits per heavy atom. The predicted octanol–water partition coefficient (Wildman–Crippen LogP) is 6.48. The summed E-state index contributed by atoms with van der Waals surface area (Å²) < 4.78 is 5.82. The van der Waals surface area contributed by atoms with Crippen LogP contribution in [0.4, 0.5) is 0 Å². The maximum atomic E-state index is 12.8. The van der Waals surface area contributed by atoms with Gasteiger partial charge in [0.25, 0.3) is 5.97 Å². The summed E-state index contributed by atoms with van der Waals surface area (Å²) >= 11 is 10.9. The summed E-state index contributed by atoms with van der Waals surface area (Å²) in [4.78, 5) is 47.9. The van der Waals surface area contributed by atoms with Gasteiger partial charge < -0.3 is 14.7 Å². The molecule has 4 aliphatic carbocycles. The van der Waals surface area contributed by atoms with Gasteiger partial charge in [0.1, 0.15) is 0 Å². The molecule has 2 saturated carbocycles. The molecule has 4 rings (SSSR count). The zero-order valence-electron chi connectivity index (χ0n) is 25.6. The number of esters is 1. The Morgan fingerprint density at radius 1 is 1.02 bits per heavy atom. The molecule has 0 spiro atoms. The minimum Gasteiger partial charge on any atom is -0.481 e. The molecule has 0 bridgehead atoms. The molecule has 0 aliphatic heterocycles. The molecule has 234 valence electrons. The van der Waals surface area contributed by atoms with E-state index in [0.717, 1.165) is 45.7 Å². The Labute approximate surface area is 261 Å². The Balaban J connectivity index is 0.000000549. The maximum absolute atomic E-state index is 12.8. The Bertz CT molecular complexity index is 1030. The lowest BCUT2D eigenvalue weighted by Gasteiger charge is -2.58. The minimum atomic E-state index is -0.990. The van der Waals surface area contributed by atoms with Gasteiger partial charge >= 0.3 is 5.97 Å². The molecular formula is C31H48Cl3NO6. The van der Waals surface area contributed by atoms with Crippen molar-refractivity contribution in [1.29, 1.82) is 0 Å². The molecule has 0 aromatic carbocycles. The Morgan fingerprint density at radius 3 is 2.05 bits per heavy atom. The molecule has 0 amide bonds. The number of nitrogens with zero attached hydrogens (tertiary/aromatic N) is 1. The zero-order chi connectivity index (χ0) is 30.5. The average Bonchev–Trinajstić information content (AvgIpc) is 3.14. The third-order valence-corrected chi connectivity index (χ3v) is 10.1. The van der Waals surface area contributed by atoms with Gasteiger partial charge in [-0.05, 0) is 87.8 Å². The highest BCUT2D eigenvalue weighted by Gasteiger charge is 2.67. The van der Waals surface area contributed by atoms with Crippen LogP contribution in [0.2, 0.25) is 0 Å². The van der Waals surface area contributed by atoms with Crippen LogP contribution < -0.4 is 0 Å². The van der Waals surface area contributed by atoms with Crippen molar-refractivity contribution in [2.45, 2.75) is 85.7 Å². The third kappa shape index (κ3) is 7.95. The first kappa shape index (κ1) is 37.6. The van der Waals surface area contributed by atoms with Gasteiger partial charge in [0.05, 0.1) is 0 Å². The number of carboxylic acids is 1. The van der Waals surface area contributed by atoms with Crippen LogP contribution in [0.3, 0.4) is 0 Å². The normalized spacial score (nSPS) is 33.1. The standard InChI is InChI=1S/C24H32O4.C5H11Cl2N.C2H4O2.ClH/c1-14-12-18-19(22(4)9-6-17(27)13-21(14)22)7-10-23(5)20(18)8-11-24(23,15(2)25)28-16(3)26;1-8(4-2-6)5-3-7;1-2(3)4;/h12-13,18-20H,6-11H2,1-5H3;2-5H2,1H3;1H3,(H,3,4);1H/t18-,19+,20+,22-,23+,24+;;;/m1.../s1. The van der Waals surface area contributed by atoms with Gasteiger partial charge in [0.15, 0.2) is 17.2 Å². The first-order chi connectivity index (χ1) is 18.6. The van der Waals surface area contributed by atoms with Crippen molar-refractivity contribution < 1.29 is 29.0 Å². The van der Waals surface area contributed by atoms with Crippen molar-refractivity contribution in [3.8, 4) is 0 Å². The highest BCUT2D eigenvalue weighted by atomic mass is 35.5. The van der Waals surface area contributed by atoms with Crippen molar-refractivity contribution in [2.75, 3.05) is 31.9 Å². The largest absolute Gasteiger partial charge is 0.481 e. The lowest BCUT2D eigenvalue weighted by Crippen LogP contribution is -2.58. The third-order valence-electron chi connectivity index (χ3n) is 9.77. The number of hydrogen-bond donors (Lipinski definition) is 1. The van der Waals surface area contributed by atoms with Crippen LogP contribution >= 0.6 is 35.6 Å². The smallest absolute Gasteiger partial charge is 0.303 e. The van der Waals surface area contributed by atoms with E-state index < -0.39 is 11.6 Å². The monoisotopic (exact) mass is 635 g/mol. The number of ether oxygens (including phenoxy) is 1. The van der Waals surface area contributed by atoms with Crippen LogP contribution in [-0.4, -0.2) is 71.0 Å². The van der Waals surface area contributed by atoms with Crippen molar-refractivity contribution in [2.24, 2.45) is 28.6 Å². The number of Topliss-reactive ketones (excluding diaryl/α,β-unsaturated/α-hetero) is 1. The van der Waals surface area contributed by atoms with Crippen LogP contribution in [0, 0.1) is 28.6 Å². The van der Waals surface area contributed by atoms with Gasteiger partial charge in [-0.25, -0.2) is 0 Å². The quantitative estimate of drug-likeness (QED) is 0.263. The number of rotatable bonds is 6. The summed E-state index contributed by atoms with van der Waals surface area (Å²) in [6.45, 7) is 12.6. The molecule has 0 unspecified atom stereocenters. The molecule has 0 aromatic rings. The molecule has 0 aromatic heterocycles. The van der Waals surface area contributed by atoms with E-state index in [4.69, 9.17) is 37.8 Å². The second-order valence-corrected chi connectivity index (χ2v) is 13.0. The number of ketones is 2. The number of allylic oxidation sites excluding steroid dienone is 4. The molecule has 2 fully saturated rings. The van der Waals surface area contributed by atoms with Crippen molar-refractivity contribution in [1.82, 2.24) is 4.90 Å². The molecule has 1 N–H and O–H groups in total. The van der Waals surface area contributed by atoms with Gasteiger partial charge in [-0.15, -0.1) is 35.6 Å². The highest BCUT2D eigenvalue weighted by molar-refractivity contribution is 6.18. The van der Waals surface area contributed by atoms with E-state index in [-0.39, 0.29) is 40.8 Å². The fraction of sp³-hybridized carbons (Fsp3) is 0.742. The zero-order valence-corrected chi connectivity index (χ0v) is 27.9. The summed E-state index contributed by atoms with van der Waals surface area (Å²) in [5.74, 6) is 1.57. The summed E-state index contributed by atoms with van der Waals surface area (Å²) in [5, 5.41) is 7.42. The van der Waals surface area contributed by atoms with E-state index in [2.05, 4.69) is 31.7 Å². The second-order valence-electron chi connectivity index (χ2n) is 12.3. The number of carbonyl (C=O) groups excluding carboxylic acids is 3. The number of aliphatic carboxylic acids is 1. The van der Waals surface area contributed by atoms with E-state index >= 15 is 0 Å². The molecule has 10 heteroatoms. The van der Waals surface area contributed by atoms with Gasteiger partial charge in [-0.3, -0.25) is 19.2 Å². The van der Waals surface area contributed by atoms with Gasteiger partial charge in [-0.1, -0.05) is 25.5 Å². The van der Waals surface area contributed by atoms with Crippen LogP contribution in [-0.2, 0) is 23.9 Å². The van der Waals surface area contributed by atoms with Gasteiger partial charge in [-0.2, -0.15) is 0 Å². The van der Waals surface area contributed by atoms with Crippen molar-refractivity contribution in [3.05, 3.63) is 23.3 Å². The Hall–Kier alpha value is -1.41. The molecular weight excluding hydrogens is 589 g/mol. The fourth-order valence-corrected chi connectivity index (χ4v) is 8.45. The maximum Gasteiger partial charge on any atom is 0.303 e. The molecule has 0 saturated heterocycles. The molecule has 0 radical (unpaired) electrons. The van der Waals surface area contributed by atoms with Gasteiger partial charge in [0.2, 0.25) is 0 Å². The van der Waals surface area contributed by atoms with Crippen LogP contribution in [0.1, 0.15) is 80.1 Å². The molecule has 7 nitrogen and oxygen atoms in total. The molecule has 4 aliphatic rings. The number of hydrogen-bond acceptors (Lipinski definition) is 6. The van der Waals surface area contributed by atoms with Crippen LogP contribution in [0.5, 0.6) is 0 Å². The minimum absolute atomic E-state index is 0. The van der Waals surface area contributed by atoms with Crippen molar-refractivity contribution >= 4 is 59.1 Å². The summed E-state index contributed by atoms with van der Waals surface area (Å²) in [6.07, 6.45) is 9.20. The first-order valence-electron chi connectivity index (χ1n) is 14.2. The van der Waals surface area contributed by atoms with Crippen LogP contribution in [0.15, 0.2) is 23.3 Å². The van der Waals surface area contributed by atoms with E-state index in [1.165, 1.54) is 18.1 Å². The molecule has 41 heavy (non-hydrogen) atoms. The summed E-state index contributed by atoms with van der Waals surface area (Å²) in [6, 6.07) is 0. The average molecular weight is 637 g/mol.